The SMILES string of the molecule is O=C[C@H](O)[C@H](O)[C@H](CO)O[C@@H]1OC[C@H](O)[C@@H](O)[C@H]1O. The van der Waals surface area contributed by atoms with Crippen LogP contribution in [0.25, 0.3) is 0 Å². The molecule has 0 aromatic carbocycles. The molecule has 19 heavy (non-hydrogen) atoms. The van der Waals surface area contributed by atoms with Gasteiger partial charge in [0.1, 0.15) is 36.6 Å². The van der Waals surface area contributed by atoms with Gasteiger partial charge in [-0.1, -0.05) is 0 Å². The molecule has 0 spiro atoms. The Bertz CT molecular complexity index is 286. The van der Waals surface area contributed by atoms with E-state index in [-0.39, 0.29) is 12.9 Å². The highest BCUT2D eigenvalue weighted by molar-refractivity contribution is 5.56. The zero-order valence-corrected chi connectivity index (χ0v) is 9.94. The summed E-state index contributed by atoms with van der Waals surface area (Å²) in [4.78, 5) is 10.3. The van der Waals surface area contributed by atoms with Gasteiger partial charge in [-0.3, -0.25) is 0 Å². The molecule has 1 heterocycles. The Labute approximate surface area is 108 Å². The molecule has 1 rings (SSSR count). The van der Waals surface area contributed by atoms with E-state index in [1.54, 1.807) is 0 Å². The topological polar surface area (TPSA) is 157 Å². The smallest absolute Gasteiger partial charge is 0.186 e. The van der Waals surface area contributed by atoms with E-state index in [0.29, 0.717) is 0 Å². The van der Waals surface area contributed by atoms with Crippen LogP contribution in [0.5, 0.6) is 0 Å². The number of carbonyl (C=O) groups excluding carboxylic acids is 1. The lowest BCUT2D eigenvalue weighted by molar-refractivity contribution is -0.295. The monoisotopic (exact) mass is 282 g/mol. The third kappa shape index (κ3) is 3.91. The van der Waals surface area contributed by atoms with E-state index in [9.17, 15) is 25.2 Å². The van der Waals surface area contributed by atoms with Gasteiger partial charge in [0.2, 0.25) is 0 Å². The summed E-state index contributed by atoms with van der Waals surface area (Å²) in [6.45, 7) is -1.06. The average molecular weight is 282 g/mol. The first-order chi connectivity index (χ1) is 8.92. The van der Waals surface area contributed by atoms with Gasteiger partial charge in [-0.15, -0.1) is 0 Å². The van der Waals surface area contributed by atoms with Crippen molar-refractivity contribution in [2.24, 2.45) is 0 Å². The van der Waals surface area contributed by atoms with Crippen LogP contribution in [0.1, 0.15) is 0 Å². The number of carbonyl (C=O) groups is 1. The Kier molecular flexibility index (Phi) is 6.23. The van der Waals surface area contributed by atoms with Crippen LogP contribution in [-0.4, -0.2) is 93.1 Å². The molecule has 9 heteroatoms. The second-order valence-corrected chi connectivity index (χ2v) is 4.22. The van der Waals surface area contributed by atoms with Crippen LogP contribution in [0.4, 0.5) is 0 Å². The van der Waals surface area contributed by atoms with Gasteiger partial charge in [0.05, 0.1) is 13.2 Å². The van der Waals surface area contributed by atoms with Crippen molar-refractivity contribution in [3.63, 3.8) is 0 Å². The van der Waals surface area contributed by atoms with Crippen LogP contribution < -0.4 is 0 Å². The number of rotatable bonds is 6. The molecule has 1 saturated heterocycles. The summed E-state index contributed by atoms with van der Waals surface area (Å²) in [5, 5.41) is 55.8. The van der Waals surface area contributed by atoms with E-state index >= 15 is 0 Å². The van der Waals surface area contributed by atoms with Crippen LogP contribution in [0.15, 0.2) is 0 Å². The highest BCUT2D eigenvalue weighted by atomic mass is 16.7. The fraction of sp³-hybridized carbons (Fsp3) is 0.900. The first-order valence-electron chi connectivity index (χ1n) is 5.66. The first kappa shape index (κ1) is 16.4. The van der Waals surface area contributed by atoms with Crippen molar-refractivity contribution in [3.8, 4) is 0 Å². The average Bonchev–Trinajstić information content (AvgIpc) is 2.42. The van der Waals surface area contributed by atoms with Gasteiger partial charge in [0.15, 0.2) is 12.6 Å². The van der Waals surface area contributed by atoms with Crippen LogP contribution in [0, 0.1) is 0 Å². The summed E-state index contributed by atoms with van der Waals surface area (Å²) in [6.07, 6.45) is -10.6. The van der Waals surface area contributed by atoms with Crippen molar-refractivity contribution < 1.29 is 44.9 Å². The highest BCUT2D eigenvalue weighted by Gasteiger charge is 2.40. The molecule has 0 saturated carbocycles. The number of ether oxygens (including phenoxy) is 2. The number of hydrogen-bond acceptors (Lipinski definition) is 9. The molecule has 0 radical (unpaired) electrons. The Balaban J connectivity index is 2.63. The highest BCUT2D eigenvalue weighted by Crippen LogP contribution is 2.19. The lowest BCUT2D eigenvalue weighted by Crippen LogP contribution is -2.56. The molecule has 6 N–H and O–H groups in total. The molecule has 9 nitrogen and oxygen atoms in total. The summed E-state index contributed by atoms with van der Waals surface area (Å²) in [5.41, 5.74) is 0. The van der Waals surface area contributed by atoms with Gasteiger partial charge in [0.25, 0.3) is 0 Å². The van der Waals surface area contributed by atoms with Crippen molar-refractivity contribution in [2.75, 3.05) is 13.2 Å². The summed E-state index contributed by atoms with van der Waals surface area (Å²) in [7, 11) is 0. The first-order valence-corrected chi connectivity index (χ1v) is 5.66. The second kappa shape index (κ2) is 7.22. The summed E-state index contributed by atoms with van der Waals surface area (Å²) in [6, 6.07) is 0. The van der Waals surface area contributed by atoms with E-state index in [1.807, 2.05) is 0 Å². The Morgan fingerprint density at radius 2 is 1.89 bits per heavy atom. The van der Waals surface area contributed by atoms with E-state index in [4.69, 9.17) is 19.7 Å². The minimum Gasteiger partial charge on any atom is -0.394 e. The fourth-order valence-corrected chi connectivity index (χ4v) is 1.60. The molecule has 1 fully saturated rings. The second-order valence-electron chi connectivity index (χ2n) is 4.22. The molecule has 0 aliphatic carbocycles. The van der Waals surface area contributed by atoms with E-state index in [1.165, 1.54) is 0 Å². The van der Waals surface area contributed by atoms with Crippen LogP contribution in [0.2, 0.25) is 0 Å². The predicted octanol–water partition coefficient (Wildman–Crippen LogP) is -4.28. The summed E-state index contributed by atoms with van der Waals surface area (Å²) < 4.78 is 9.89. The van der Waals surface area contributed by atoms with Crippen LogP contribution >= 0.6 is 0 Å². The molecule has 0 aromatic rings. The summed E-state index contributed by atoms with van der Waals surface area (Å²) >= 11 is 0. The van der Waals surface area contributed by atoms with Crippen molar-refractivity contribution in [1.29, 1.82) is 0 Å². The maximum absolute atomic E-state index is 10.3. The van der Waals surface area contributed by atoms with Crippen molar-refractivity contribution in [1.82, 2.24) is 0 Å². The van der Waals surface area contributed by atoms with Gasteiger partial charge < -0.3 is 44.9 Å². The number of aldehydes is 1. The molecule has 1 aliphatic rings. The van der Waals surface area contributed by atoms with Crippen LogP contribution in [0.3, 0.4) is 0 Å². The van der Waals surface area contributed by atoms with Crippen molar-refractivity contribution in [2.45, 2.75) is 42.9 Å². The minimum atomic E-state index is -1.77. The van der Waals surface area contributed by atoms with Gasteiger partial charge in [0, 0.05) is 0 Å². The van der Waals surface area contributed by atoms with Gasteiger partial charge in [-0.25, -0.2) is 0 Å². The molecule has 0 bridgehead atoms. The quantitative estimate of drug-likeness (QED) is 0.265. The molecule has 112 valence electrons. The fourth-order valence-electron chi connectivity index (χ4n) is 1.60. The third-order valence-electron chi connectivity index (χ3n) is 2.81. The maximum atomic E-state index is 10.3. The number of aliphatic hydroxyl groups excluding tert-OH is 6. The molecular formula is C10H18O9. The zero-order chi connectivity index (χ0) is 14.6. The Morgan fingerprint density at radius 3 is 2.42 bits per heavy atom. The minimum absolute atomic E-state index is 0.0629. The lowest BCUT2D eigenvalue weighted by Gasteiger charge is -2.37. The van der Waals surface area contributed by atoms with Crippen LogP contribution in [-0.2, 0) is 14.3 Å². The Hall–Kier alpha value is -0.650. The van der Waals surface area contributed by atoms with Gasteiger partial charge in [-0.2, -0.15) is 0 Å². The molecule has 1 aliphatic heterocycles. The molecular weight excluding hydrogens is 264 g/mol. The van der Waals surface area contributed by atoms with Gasteiger partial charge >= 0.3 is 0 Å². The molecule has 7 atom stereocenters. The molecule has 0 unspecified atom stereocenters. The third-order valence-corrected chi connectivity index (χ3v) is 2.81. The lowest BCUT2D eigenvalue weighted by atomic mass is 10.0. The van der Waals surface area contributed by atoms with E-state index in [0.717, 1.165) is 0 Å². The molecule has 0 amide bonds. The Morgan fingerprint density at radius 1 is 1.26 bits per heavy atom. The number of hydrogen-bond donors (Lipinski definition) is 6. The maximum Gasteiger partial charge on any atom is 0.186 e. The van der Waals surface area contributed by atoms with Gasteiger partial charge in [-0.05, 0) is 0 Å². The van der Waals surface area contributed by atoms with E-state index < -0.39 is 49.5 Å². The largest absolute Gasteiger partial charge is 0.394 e. The standard InChI is InChI=1S/C10H18O9/c11-1-4(13)7(15)6(2-12)19-10-9(17)8(16)5(14)3-18-10/h1,4-10,12-17H,2-3H2/t4-,5-,6-,7-,8+,9+,10-/m0/s1. The predicted molar refractivity (Wildman–Crippen MR) is 57.8 cm³/mol. The number of aliphatic hydroxyl groups is 6. The summed E-state index contributed by atoms with van der Waals surface area (Å²) in [5.74, 6) is 0. The zero-order valence-electron chi connectivity index (χ0n) is 9.94. The normalized spacial score (nSPS) is 36.5. The van der Waals surface area contributed by atoms with E-state index in [2.05, 4.69) is 0 Å². The van der Waals surface area contributed by atoms with Crippen molar-refractivity contribution in [3.05, 3.63) is 0 Å². The van der Waals surface area contributed by atoms with Crippen molar-refractivity contribution >= 4 is 6.29 Å². The molecule has 0 aromatic heterocycles.